The third-order valence-corrected chi connectivity index (χ3v) is 5.53. The van der Waals surface area contributed by atoms with Gasteiger partial charge in [0.1, 0.15) is 13.2 Å². The van der Waals surface area contributed by atoms with E-state index in [1.54, 1.807) is 12.1 Å². The lowest BCUT2D eigenvalue weighted by Gasteiger charge is -2.18. The van der Waals surface area contributed by atoms with Crippen LogP contribution in [0.3, 0.4) is 0 Å². The van der Waals surface area contributed by atoms with Crippen LogP contribution in [0.15, 0.2) is 35.8 Å². The maximum Gasteiger partial charge on any atom is 0.300 e. The van der Waals surface area contributed by atoms with Gasteiger partial charge >= 0.3 is 0 Å². The molecule has 0 fully saturated rings. The fraction of sp³-hybridized carbons (Fsp3) is 0.350. The lowest BCUT2D eigenvalue weighted by atomic mass is 10.2. The minimum atomic E-state index is -0.357. The topological polar surface area (TPSA) is 70.6 Å². The van der Waals surface area contributed by atoms with E-state index in [0.717, 1.165) is 21.7 Å². The van der Waals surface area contributed by atoms with E-state index in [0.29, 0.717) is 36.0 Å². The molecule has 0 unspecified atom stereocenters. The maximum atomic E-state index is 12.8. The molecule has 1 aromatic carbocycles. The van der Waals surface area contributed by atoms with Crippen molar-refractivity contribution in [2.45, 2.75) is 33.4 Å². The molecule has 0 radical (unpaired) electrons. The minimum Gasteiger partial charge on any atom is -0.486 e. The standard InChI is InChI=1S/C20H22N4O3S/c1-5-6-23-15-10-16-17(27-8-7-26-16)11-18(15)28-20(23)21-19(25)14-9-13(4)24(22-14)12(2)3/h5,9-12H,1,6-8H2,2-4H3. The summed E-state index contributed by atoms with van der Waals surface area (Å²) in [7, 11) is 0. The van der Waals surface area contributed by atoms with Gasteiger partial charge in [-0.2, -0.15) is 10.1 Å². The molecule has 0 atom stereocenters. The minimum absolute atomic E-state index is 0.183. The molecule has 1 aliphatic rings. The summed E-state index contributed by atoms with van der Waals surface area (Å²) in [6, 6.07) is 5.83. The van der Waals surface area contributed by atoms with Crippen LogP contribution in [0, 0.1) is 6.92 Å². The number of fused-ring (bicyclic) bond motifs is 2. The Balaban J connectivity index is 1.82. The van der Waals surface area contributed by atoms with Crippen molar-refractivity contribution in [3.63, 3.8) is 0 Å². The highest BCUT2D eigenvalue weighted by atomic mass is 32.1. The summed E-state index contributed by atoms with van der Waals surface area (Å²) in [6.07, 6.45) is 1.78. The molecular formula is C20H22N4O3S. The Morgan fingerprint density at radius 1 is 1.32 bits per heavy atom. The molecule has 3 heterocycles. The van der Waals surface area contributed by atoms with Crippen LogP contribution in [-0.4, -0.2) is 33.5 Å². The SMILES string of the molecule is C=CCn1c(=NC(=O)c2cc(C)n(C(C)C)n2)sc2cc3c(cc21)OCCO3. The molecule has 0 aliphatic carbocycles. The zero-order chi connectivity index (χ0) is 19.8. The number of rotatable bonds is 4. The fourth-order valence-electron chi connectivity index (χ4n) is 3.26. The zero-order valence-electron chi connectivity index (χ0n) is 16.1. The first-order valence-electron chi connectivity index (χ1n) is 9.17. The number of thiazole rings is 1. The van der Waals surface area contributed by atoms with Crippen molar-refractivity contribution in [2.24, 2.45) is 4.99 Å². The summed E-state index contributed by atoms with van der Waals surface area (Å²) < 4.78 is 16.1. The summed E-state index contributed by atoms with van der Waals surface area (Å²) in [5.41, 5.74) is 2.22. The van der Waals surface area contributed by atoms with Crippen LogP contribution in [0.1, 0.15) is 36.1 Å². The predicted molar refractivity (Wildman–Crippen MR) is 108 cm³/mol. The van der Waals surface area contributed by atoms with Crippen LogP contribution in [0.4, 0.5) is 0 Å². The van der Waals surface area contributed by atoms with Gasteiger partial charge in [-0.1, -0.05) is 17.4 Å². The molecule has 3 aromatic rings. The van der Waals surface area contributed by atoms with Crippen molar-refractivity contribution in [1.29, 1.82) is 0 Å². The lowest BCUT2D eigenvalue weighted by Crippen LogP contribution is -2.17. The summed E-state index contributed by atoms with van der Waals surface area (Å²) in [5.74, 6) is 1.07. The first kappa shape index (κ1) is 18.5. The molecule has 8 heteroatoms. The van der Waals surface area contributed by atoms with Crippen molar-refractivity contribution in [1.82, 2.24) is 14.3 Å². The third-order valence-electron chi connectivity index (χ3n) is 4.49. The molecule has 28 heavy (non-hydrogen) atoms. The molecule has 0 spiro atoms. The second kappa shape index (κ2) is 7.27. The first-order chi connectivity index (χ1) is 13.5. The average Bonchev–Trinajstić information content (AvgIpc) is 3.21. The lowest BCUT2D eigenvalue weighted by molar-refractivity contribution is 0.0992. The van der Waals surface area contributed by atoms with E-state index in [9.17, 15) is 4.79 Å². The van der Waals surface area contributed by atoms with Gasteiger partial charge in [-0.25, -0.2) is 0 Å². The van der Waals surface area contributed by atoms with Gasteiger partial charge < -0.3 is 14.0 Å². The van der Waals surface area contributed by atoms with Crippen LogP contribution in [0.25, 0.3) is 10.2 Å². The highest BCUT2D eigenvalue weighted by Crippen LogP contribution is 2.35. The molecule has 0 saturated heterocycles. The van der Waals surface area contributed by atoms with E-state index >= 15 is 0 Å². The fourth-order valence-corrected chi connectivity index (χ4v) is 4.30. The Morgan fingerprint density at radius 2 is 2.04 bits per heavy atom. The first-order valence-corrected chi connectivity index (χ1v) is 9.98. The Labute approximate surface area is 166 Å². The molecule has 146 valence electrons. The number of aryl methyl sites for hydroxylation is 1. The van der Waals surface area contributed by atoms with Crippen LogP contribution in [-0.2, 0) is 6.54 Å². The highest BCUT2D eigenvalue weighted by Gasteiger charge is 2.18. The third kappa shape index (κ3) is 3.24. The Hall–Kier alpha value is -2.87. The van der Waals surface area contributed by atoms with Crippen molar-refractivity contribution >= 4 is 27.5 Å². The second-order valence-corrected chi connectivity index (χ2v) is 7.88. The number of hydrogen-bond donors (Lipinski definition) is 0. The average molecular weight is 398 g/mol. The van der Waals surface area contributed by atoms with Gasteiger partial charge in [-0.15, -0.1) is 6.58 Å². The smallest absolute Gasteiger partial charge is 0.300 e. The van der Waals surface area contributed by atoms with Gasteiger partial charge in [-0.3, -0.25) is 9.48 Å². The van der Waals surface area contributed by atoms with E-state index in [1.165, 1.54) is 11.3 Å². The number of nitrogens with zero attached hydrogens (tertiary/aromatic N) is 4. The Bertz CT molecular complexity index is 1140. The van der Waals surface area contributed by atoms with E-state index in [-0.39, 0.29) is 11.9 Å². The van der Waals surface area contributed by atoms with Gasteiger partial charge in [0.2, 0.25) is 0 Å². The summed E-state index contributed by atoms with van der Waals surface area (Å²) >= 11 is 1.43. The summed E-state index contributed by atoms with van der Waals surface area (Å²) in [4.78, 5) is 17.7. The van der Waals surface area contributed by atoms with Crippen molar-refractivity contribution in [3.05, 3.63) is 47.0 Å². The molecule has 2 aromatic heterocycles. The predicted octanol–water partition coefficient (Wildman–Crippen LogP) is 3.49. The normalized spacial score (nSPS) is 14.1. The van der Waals surface area contributed by atoms with Crippen LogP contribution >= 0.6 is 11.3 Å². The second-order valence-electron chi connectivity index (χ2n) is 6.87. The van der Waals surface area contributed by atoms with Crippen molar-refractivity contribution < 1.29 is 14.3 Å². The molecule has 0 N–H and O–H groups in total. The molecular weight excluding hydrogens is 376 g/mol. The van der Waals surface area contributed by atoms with E-state index < -0.39 is 0 Å². The largest absolute Gasteiger partial charge is 0.486 e. The Kier molecular flexibility index (Phi) is 4.80. The Morgan fingerprint density at radius 3 is 2.68 bits per heavy atom. The number of ether oxygens (including phenoxy) is 2. The van der Waals surface area contributed by atoms with E-state index in [2.05, 4.69) is 16.7 Å². The number of carbonyl (C=O) groups excluding carboxylic acids is 1. The van der Waals surface area contributed by atoms with Gasteiger partial charge in [0.15, 0.2) is 22.0 Å². The van der Waals surface area contributed by atoms with Crippen LogP contribution < -0.4 is 14.3 Å². The number of aromatic nitrogens is 3. The molecule has 0 bridgehead atoms. The van der Waals surface area contributed by atoms with Gasteiger partial charge in [0.25, 0.3) is 5.91 Å². The quantitative estimate of drug-likeness (QED) is 0.631. The summed E-state index contributed by atoms with van der Waals surface area (Å²) in [6.45, 7) is 11.4. The van der Waals surface area contributed by atoms with Crippen LogP contribution in [0.5, 0.6) is 11.5 Å². The van der Waals surface area contributed by atoms with Crippen LogP contribution in [0.2, 0.25) is 0 Å². The van der Waals surface area contributed by atoms with E-state index in [4.69, 9.17) is 9.47 Å². The summed E-state index contributed by atoms with van der Waals surface area (Å²) in [5, 5.41) is 4.41. The van der Waals surface area contributed by atoms with Crippen molar-refractivity contribution in [3.8, 4) is 11.5 Å². The molecule has 4 rings (SSSR count). The number of benzene rings is 1. The number of carbonyl (C=O) groups is 1. The van der Waals surface area contributed by atoms with Gasteiger partial charge in [0.05, 0.1) is 10.2 Å². The molecule has 0 saturated carbocycles. The molecule has 7 nitrogen and oxygen atoms in total. The maximum absolute atomic E-state index is 12.8. The number of allylic oxidation sites excluding steroid dienone is 1. The highest BCUT2D eigenvalue weighted by molar-refractivity contribution is 7.16. The van der Waals surface area contributed by atoms with Gasteiger partial charge in [0, 0.05) is 30.4 Å². The molecule has 1 aliphatic heterocycles. The van der Waals surface area contributed by atoms with E-state index in [1.807, 2.05) is 42.2 Å². The number of amides is 1. The van der Waals surface area contributed by atoms with Gasteiger partial charge in [-0.05, 0) is 26.8 Å². The van der Waals surface area contributed by atoms with Crippen molar-refractivity contribution in [2.75, 3.05) is 13.2 Å². The zero-order valence-corrected chi connectivity index (χ0v) is 17.0. The monoisotopic (exact) mass is 398 g/mol. The number of hydrogen-bond acceptors (Lipinski definition) is 5. The molecule has 1 amide bonds.